The molecule has 116 valence electrons. The van der Waals surface area contributed by atoms with Crippen molar-refractivity contribution < 1.29 is 9.59 Å². The first kappa shape index (κ1) is 14.6. The molecule has 5 nitrogen and oxygen atoms in total. The third-order valence-corrected chi connectivity index (χ3v) is 4.36. The Labute approximate surface area is 130 Å². The number of hydrogen-bond donors (Lipinski definition) is 0. The zero-order valence-corrected chi connectivity index (χ0v) is 13.1. The van der Waals surface area contributed by atoms with E-state index in [9.17, 15) is 9.59 Å². The van der Waals surface area contributed by atoms with Gasteiger partial charge in [0.05, 0.1) is 6.54 Å². The van der Waals surface area contributed by atoms with Gasteiger partial charge in [-0.2, -0.15) is 0 Å². The number of likely N-dealkylation sites (N-methyl/N-ethyl adjacent to an activating group) is 1. The zero-order chi connectivity index (χ0) is 15.9. The van der Waals surface area contributed by atoms with Gasteiger partial charge in [0, 0.05) is 50.6 Å². The van der Waals surface area contributed by atoms with Crippen molar-refractivity contribution >= 4 is 17.5 Å². The van der Waals surface area contributed by atoms with Crippen molar-refractivity contribution in [2.75, 3.05) is 32.1 Å². The lowest BCUT2D eigenvalue weighted by atomic mass is 10.1. The van der Waals surface area contributed by atoms with Crippen LogP contribution in [0.3, 0.4) is 0 Å². The molecule has 0 atom stereocenters. The van der Waals surface area contributed by atoms with Crippen LogP contribution in [0.2, 0.25) is 0 Å². The van der Waals surface area contributed by atoms with Crippen LogP contribution in [0.4, 0.5) is 5.69 Å². The fourth-order valence-electron chi connectivity index (χ4n) is 2.93. The van der Waals surface area contributed by atoms with Gasteiger partial charge in [-0.05, 0) is 24.1 Å². The number of rotatable bonds is 4. The summed E-state index contributed by atoms with van der Waals surface area (Å²) in [4.78, 5) is 29.9. The van der Waals surface area contributed by atoms with Gasteiger partial charge in [-0.3, -0.25) is 9.59 Å². The molecule has 1 saturated heterocycles. The Balaban J connectivity index is 1.81. The highest BCUT2D eigenvalue weighted by molar-refractivity contribution is 6.01. The molecule has 0 aliphatic carbocycles. The molecule has 0 bridgehead atoms. The maximum Gasteiger partial charge on any atom is 0.254 e. The Morgan fingerprint density at radius 3 is 2.73 bits per heavy atom. The number of fused-ring (bicyclic) bond motifs is 1. The van der Waals surface area contributed by atoms with Crippen molar-refractivity contribution in [2.24, 2.45) is 0 Å². The molecule has 1 aromatic carbocycles. The summed E-state index contributed by atoms with van der Waals surface area (Å²) in [7, 11) is 3.85. The molecule has 2 aliphatic rings. The van der Waals surface area contributed by atoms with E-state index < -0.39 is 0 Å². The maximum absolute atomic E-state index is 12.6. The van der Waals surface area contributed by atoms with Crippen LogP contribution >= 0.6 is 0 Å². The van der Waals surface area contributed by atoms with E-state index in [-0.39, 0.29) is 11.8 Å². The van der Waals surface area contributed by atoms with Gasteiger partial charge in [-0.15, -0.1) is 0 Å². The lowest BCUT2D eigenvalue weighted by Gasteiger charge is -2.22. The minimum Gasteiger partial charge on any atom is -0.380 e. The van der Waals surface area contributed by atoms with Crippen molar-refractivity contribution in [3.8, 4) is 0 Å². The first-order chi connectivity index (χ1) is 10.5. The fraction of sp³-hybridized carbons (Fsp3) is 0.412. The highest BCUT2D eigenvalue weighted by atomic mass is 16.2. The molecule has 0 N–H and O–H groups in total. The van der Waals surface area contributed by atoms with Crippen LogP contribution in [0.15, 0.2) is 30.5 Å². The summed E-state index contributed by atoms with van der Waals surface area (Å²) in [6, 6.07) is 5.77. The third-order valence-electron chi connectivity index (χ3n) is 4.36. The molecule has 0 unspecified atom stereocenters. The minimum absolute atomic E-state index is 0.0199. The van der Waals surface area contributed by atoms with Crippen molar-refractivity contribution in [3.05, 3.63) is 41.6 Å². The number of carbonyl (C=O) groups is 2. The van der Waals surface area contributed by atoms with Gasteiger partial charge in [-0.1, -0.05) is 12.6 Å². The Bertz CT molecular complexity index is 651. The lowest BCUT2D eigenvalue weighted by Crippen LogP contribution is -2.30. The number of hydrogen-bond acceptors (Lipinski definition) is 3. The second kappa shape index (κ2) is 5.48. The minimum atomic E-state index is 0.0199. The number of nitrogens with zero attached hydrogens (tertiary/aromatic N) is 3. The molecule has 0 spiro atoms. The SMILES string of the molecule is C=C(CN1Cc2ccc(N3CCCC3=O)cc2C1=O)N(C)C. The highest BCUT2D eigenvalue weighted by Gasteiger charge is 2.30. The van der Waals surface area contributed by atoms with Crippen LogP contribution in [-0.4, -0.2) is 48.8 Å². The number of benzene rings is 1. The predicted octanol–water partition coefficient (Wildman–Crippen LogP) is 1.84. The zero-order valence-electron chi connectivity index (χ0n) is 13.1. The molecule has 0 aromatic heterocycles. The van der Waals surface area contributed by atoms with Crippen molar-refractivity contribution in [3.63, 3.8) is 0 Å². The molecule has 0 saturated carbocycles. The average molecular weight is 299 g/mol. The van der Waals surface area contributed by atoms with Gasteiger partial charge in [0.15, 0.2) is 0 Å². The molecule has 1 aromatic rings. The summed E-state index contributed by atoms with van der Waals surface area (Å²) in [6.07, 6.45) is 1.48. The van der Waals surface area contributed by atoms with Crippen LogP contribution in [0.25, 0.3) is 0 Å². The quantitative estimate of drug-likeness (QED) is 0.852. The van der Waals surface area contributed by atoms with Gasteiger partial charge in [-0.25, -0.2) is 0 Å². The summed E-state index contributed by atoms with van der Waals surface area (Å²) >= 11 is 0. The summed E-state index contributed by atoms with van der Waals surface area (Å²) in [5, 5.41) is 0. The molecule has 1 fully saturated rings. The predicted molar refractivity (Wildman–Crippen MR) is 85.6 cm³/mol. The van der Waals surface area contributed by atoms with Gasteiger partial charge in [0.25, 0.3) is 5.91 Å². The summed E-state index contributed by atoms with van der Waals surface area (Å²) in [5.41, 5.74) is 3.47. The highest BCUT2D eigenvalue weighted by Crippen LogP contribution is 2.29. The molecule has 2 heterocycles. The molecule has 3 rings (SSSR count). The van der Waals surface area contributed by atoms with Gasteiger partial charge in [0.2, 0.25) is 5.91 Å². The van der Waals surface area contributed by atoms with E-state index in [1.54, 1.807) is 9.80 Å². The van der Waals surface area contributed by atoms with Crippen LogP contribution < -0.4 is 4.90 Å². The average Bonchev–Trinajstić information content (AvgIpc) is 3.03. The fourth-order valence-corrected chi connectivity index (χ4v) is 2.93. The van der Waals surface area contributed by atoms with Crippen LogP contribution in [-0.2, 0) is 11.3 Å². The Morgan fingerprint density at radius 2 is 2.09 bits per heavy atom. The van der Waals surface area contributed by atoms with Crippen LogP contribution in [0.5, 0.6) is 0 Å². The summed E-state index contributed by atoms with van der Waals surface area (Å²) < 4.78 is 0. The van der Waals surface area contributed by atoms with E-state index >= 15 is 0 Å². The lowest BCUT2D eigenvalue weighted by molar-refractivity contribution is -0.117. The Morgan fingerprint density at radius 1 is 1.32 bits per heavy atom. The molecular weight excluding hydrogens is 278 g/mol. The first-order valence-corrected chi connectivity index (χ1v) is 7.55. The second-order valence-electron chi connectivity index (χ2n) is 6.11. The number of carbonyl (C=O) groups excluding carboxylic acids is 2. The second-order valence-corrected chi connectivity index (χ2v) is 6.11. The van der Waals surface area contributed by atoms with E-state index in [0.29, 0.717) is 25.1 Å². The molecule has 5 heteroatoms. The Hall–Kier alpha value is -2.30. The van der Waals surface area contributed by atoms with Crippen molar-refractivity contribution in [2.45, 2.75) is 19.4 Å². The van der Waals surface area contributed by atoms with Gasteiger partial charge >= 0.3 is 0 Å². The standard InChI is InChI=1S/C17H21N3O2/c1-12(18(2)3)10-19-11-13-6-7-14(9-15(13)17(19)22)20-8-4-5-16(20)21/h6-7,9H,1,4-5,8,10-11H2,2-3H3. The first-order valence-electron chi connectivity index (χ1n) is 7.55. The smallest absolute Gasteiger partial charge is 0.254 e. The summed E-state index contributed by atoms with van der Waals surface area (Å²) in [5.74, 6) is 0.162. The monoisotopic (exact) mass is 299 g/mol. The molecule has 2 aliphatic heterocycles. The van der Waals surface area contributed by atoms with Gasteiger partial charge in [0.1, 0.15) is 0 Å². The van der Waals surface area contributed by atoms with Crippen LogP contribution in [0.1, 0.15) is 28.8 Å². The molecule has 2 amide bonds. The van der Waals surface area contributed by atoms with E-state index in [1.165, 1.54) is 0 Å². The van der Waals surface area contributed by atoms with Crippen molar-refractivity contribution in [1.82, 2.24) is 9.80 Å². The van der Waals surface area contributed by atoms with E-state index in [1.807, 2.05) is 37.2 Å². The molecule has 0 radical (unpaired) electrons. The molecule has 22 heavy (non-hydrogen) atoms. The van der Waals surface area contributed by atoms with Gasteiger partial charge < -0.3 is 14.7 Å². The third kappa shape index (κ3) is 2.47. The number of anilines is 1. The van der Waals surface area contributed by atoms with E-state index in [4.69, 9.17) is 0 Å². The van der Waals surface area contributed by atoms with Crippen LogP contribution in [0, 0.1) is 0 Å². The van der Waals surface area contributed by atoms with E-state index in [2.05, 4.69) is 6.58 Å². The van der Waals surface area contributed by atoms with Crippen molar-refractivity contribution in [1.29, 1.82) is 0 Å². The maximum atomic E-state index is 12.6. The molecular formula is C17H21N3O2. The largest absolute Gasteiger partial charge is 0.380 e. The normalized spacial score (nSPS) is 17.2. The summed E-state index contributed by atoms with van der Waals surface area (Å²) in [6.45, 7) is 5.86. The Kier molecular flexibility index (Phi) is 3.64. The topological polar surface area (TPSA) is 43.9 Å². The van der Waals surface area contributed by atoms with E-state index in [0.717, 1.165) is 29.9 Å². The number of amides is 2.